The lowest BCUT2D eigenvalue weighted by atomic mass is 10.0. The highest BCUT2D eigenvalue weighted by Crippen LogP contribution is 2.45. The lowest BCUT2D eigenvalue weighted by Gasteiger charge is -2.21. The summed E-state index contributed by atoms with van der Waals surface area (Å²) < 4.78 is 68.4. The van der Waals surface area contributed by atoms with Gasteiger partial charge in [0, 0.05) is 25.7 Å². The molecule has 582 valence electrons. The standard InChI is InChI=1S/C79H154O17P2/c1-6-9-12-15-17-19-21-23-25-28-33-36-40-44-48-53-58-63-77(82)90-69-75(96-79(84)65-60-55-50-46-42-38-34-30-27-26-29-32-35-39-43-47-52-56-61-72(4)5)71-94-98(87,88)92-67-73(80)66-91-97(85,86)93-70-74(68-89-76(81)62-57-51-14-11-8-3)95-78(83)64-59-54-49-45-41-37-31-24-22-20-18-16-13-10-7-2/h72-75,80H,6-71H2,1-5H3,(H,85,86)(H,87,88)/t73-,74+,75+/m0/s1. The monoisotopic (exact) mass is 1440 g/mol. The summed E-state index contributed by atoms with van der Waals surface area (Å²) in [5.41, 5.74) is 0. The Kier molecular flexibility index (Phi) is 70.6. The number of hydrogen-bond acceptors (Lipinski definition) is 15. The molecule has 0 rings (SSSR count). The van der Waals surface area contributed by atoms with E-state index in [0.717, 1.165) is 102 Å². The van der Waals surface area contributed by atoms with Crippen molar-refractivity contribution in [2.75, 3.05) is 39.6 Å². The second kappa shape index (κ2) is 72.0. The number of carbonyl (C=O) groups excluding carboxylic acids is 4. The summed E-state index contributed by atoms with van der Waals surface area (Å²) in [5.74, 6) is -1.30. The molecule has 0 aliphatic carbocycles. The molecule has 0 aliphatic rings. The van der Waals surface area contributed by atoms with Crippen molar-refractivity contribution < 1.29 is 80.2 Å². The number of aliphatic hydroxyl groups excluding tert-OH is 1. The second-order valence-corrected chi connectivity index (χ2v) is 31.8. The third kappa shape index (κ3) is 72.4. The summed E-state index contributed by atoms with van der Waals surface area (Å²) in [5, 5.41) is 10.6. The van der Waals surface area contributed by atoms with E-state index < -0.39 is 97.5 Å². The molecular weight excluding hydrogens is 1280 g/mol. The fourth-order valence-corrected chi connectivity index (χ4v) is 13.8. The topological polar surface area (TPSA) is 237 Å². The first-order valence-corrected chi connectivity index (χ1v) is 44.1. The molecule has 3 N–H and O–H groups in total. The summed E-state index contributed by atoms with van der Waals surface area (Å²) in [6.45, 7) is 7.27. The molecule has 98 heavy (non-hydrogen) atoms. The molecule has 0 saturated carbocycles. The third-order valence-electron chi connectivity index (χ3n) is 18.5. The Labute approximate surface area is 600 Å². The maximum atomic E-state index is 13.1. The molecule has 0 aromatic heterocycles. The average Bonchev–Trinajstić information content (AvgIpc) is 1.02. The van der Waals surface area contributed by atoms with E-state index in [0.29, 0.717) is 25.7 Å². The van der Waals surface area contributed by atoms with Gasteiger partial charge in [0.2, 0.25) is 0 Å². The lowest BCUT2D eigenvalue weighted by Crippen LogP contribution is -2.30. The minimum atomic E-state index is -4.96. The first-order chi connectivity index (χ1) is 47.5. The van der Waals surface area contributed by atoms with E-state index in [1.807, 2.05) is 0 Å². The third-order valence-corrected chi connectivity index (χ3v) is 20.4. The van der Waals surface area contributed by atoms with Crippen molar-refractivity contribution in [1.82, 2.24) is 0 Å². The first kappa shape index (κ1) is 96.1. The number of phosphoric acid groups is 2. The van der Waals surface area contributed by atoms with Crippen LogP contribution < -0.4 is 0 Å². The zero-order valence-electron chi connectivity index (χ0n) is 63.9. The maximum absolute atomic E-state index is 13.1. The number of unbranched alkanes of at least 4 members (excludes halogenated alkanes) is 51. The number of rotatable bonds is 79. The van der Waals surface area contributed by atoms with Gasteiger partial charge in [0.1, 0.15) is 19.3 Å². The van der Waals surface area contributed by atoms with Crippen LogP contribution in [0.4, 0.5) is 0 Å². The summed E-state index contributed by atoms with van der Waals surface area (Å²) in [4.78, 5) is 72.6. The van der Waals surface area contributed by atoms with Crippen molar-refractivity contribution in [3.63, 3.8) is 0 Å². The highest BCUT2D eigenvalue weighted by Gasteiger charge is 2.30. The smallest absolute Gasteiger partial charge is 0.462 e. The number of phosphoric ester groups is 2. The Morgan fingerprint density at radius 1 is 0.276 bits per heavy atom. The van der Waals surface area contributed by atoms with E-state index in [2.05, 4.69) is 34.6 Å². The van der Waals surface area contributed by atoms with Crippen LogP contribution in [0.5, 0.6) is 0 Å². The molecular formula is C79H154O17P2. The second-order valence-electron chi connectivity index (χ2n) is 28.9. The van der Waals surface area contributed by atoms with Crippen LogP contribution in [-0.4, -0.2) is 96.7 Å². The number of aliphatic hydroxyl groups is 1. The first-order valence-electron chi connectivity index (χ1n) is 41.1. The Hall–Kier alpha value is -1.94. The number of esters is 4. The van der Waals surface area contributed by atoms with Gasteiger partial charge in [0.15, 0.2) is 12.2 Å². The molecule has 0 amide bonds. The van der Waals surface area contributed by atoms with Gasteiger partial charge < -0.3 is 33.8 Å². The van der Waals surface area contributed by atoms with Gasteiger partial charge in [-0.3, -0.25) is 37.3 Å². The van der Waals surface area contributed by atoms with Gasteiger partial charge >= 0.3 is 39.5 Å². The van der Waals surface area contributed by atoms with Crippen LogP contribution >= 0.6 is 15.6 Å². The summed E-state index contributed by atoms with van der Waals surface area (Å²) >= 11 is 0. The number of hydrogen-bond donors (Lipinski definition) is 3. The molecule has 0 aromatic carbocycles. The average molecular weight is 1440 g/mol. The molecule has 0 heterocycles. The Bertz CT molecular complexity index is 1870. The van der Waals surface area contributed by atoms with Crippen molar-refractivity contribution >= 4 is 39.5 Å². The normalized spacial score (nSPS) is 13.9. The zero-order valence-corrected chi connectivity index (χ0v) is 65.7. The minimum absolute atomic E-state index is 0.108. The predicted octanol–water partition coefficient (Wildman–Crippen LogP) is 23.6. The minimum Gasteiger partial charge on any atom is -0.462 e. The summed E-state index contributed by atoms with van der Waals surface area (Å²) in [6, 6.07) is 0. The van der Waals surface area contributed by atoms with Crippen LogP contribution in [0.25, 0.3) is 0 Å². The molecule has 17 nitrogen and oxygen atoms in total. The lowest BCUT2D eigenvalue weighted by molar-refractivity contribution is -0.161. The van der Waals surface area contributed by atoms with E-state index in [4.69, 9.17) is 37.0 Å². The van der Waals surface area contributed by atoms with Crippen LogP contribution in [0, 0.1) is 5.92 Å². The van der Waals surface area contributed by atoms with Gasteiger partial charge in [-0.2, -0.15) is 0 Å². The summed E-state index contributed by atoms with van der Waals surface area (Å²) in [7, 11) is -9.90. The van der Waals surface area contributed by atoms with Gasteiger partial charge in [0.05, 0.1) is 26.4 Å². The van der Waals surface area contributed by atoms with Crippen molar-refractivity contribution in [3.05, 3.63) is 0 Å². The van der Waals surface area contributed by atoms with Crippen molar-refractivity contribution in [2.45, 2.75) is 438 Å². The van der Waals surface area contributed by atoms with Gasteiger partial charge in [-0.25, -0.2) is 9.13 Å². The van der Waals surface area contributed by atoms with Crippen molar-refractivity contribution in [2.24, 2.45) is 5.92 Å². The molecule has 0 aliphatic heterocycles. The van der Waals surface area contributed by atoms with Crippen LogP contribution in [-0.2, 0) is 65.4 Å². The molecule has 2 unspecified atom stereocenters. The number of ether oxygens (including phenoxy) is 4. The van der Waals surface area contributed by atoms with Gasteiger partial charge in [-0.05, 0) is 31.6 Å². The van der Waals surface area contributed by atoms with E-state index in [1.54, 1.807) is 0 Å². The SMILES string of the molecule is CCCCCCCCCCCCCCCCCCCC(=O)OC[C@H](COP(=O)(O)OC[C@@H](O)COP(=O)(O)OC[C@@H](COC(=O)CCCCCCC)OC(=O)CCCCCCCCCCCCCCCCC)OC(=O)CCCCCCCCCCCCCCCCCCCCC(C)C. The molecule has 0 bridgehead atoms. The van der Waals surface area contributed by atoms with Crippen LogP contribution in [0.1, 0.15) is 420 Å². The number of carbonyl (C=O) groups is 4. The highest BCUT2D eigenvalue weighted by molar-refractivity contribution is 7.47. The molecule has 0 radical (unpaired) electrons. The van der Waals surface area contributed by atoms with E-state index in [9.17, 15) is 43.2 Å². The fraction of sp³-hybridized carbons (Fsp3) is 0.949. The van der Waals surface area contributed by atoms with E-state index in [-0.39, 0.29) is 25.7 Å². The van der Waals surface area contributed by atoms with Gasteiger partial charge in [-0.1, -0.05) is 369 Å². The van der Waals surface area contributed by atoms with Gasteiger partial charge in [-0.15, -0.1) is 0 Å². The highest BCUT2D eigenvalue weighted by atomic mass is 31.2. The molecule has 5 atom stereocenters. The van der Waals surface area contributed by atoms with Crippen LogP contribution in [0.15, 0.2) is 0 Å². The Balaban J connectivity index is 5.12. The fourth-order valence-electron chi connectivity index (χ4n) is 12.2. The van der Waals surface area contributed by atoms with Crippen molar-refractivity contribution in [1.29, 1.82) is 0 Å². The van der Waals surface area contributed by atoms with Crippen LogP contribution in [0.3, 0.4) is 0 Å². The molecule has 0 saturated heterocycles. The Morgan fingerprint density at radius 3 is 0.694 bits per heavy atom. The predicted molar refractivity (Wildman–Crippen MR) is 400 cm³/mol. The largest absolute Gasteiger partial charge is 0.472 e. The Morgan fingerprint density at radius 2 is 0.469 bits per heavy atom. The molecule has 0 aromatic rings. The summed E-state index contributed by atoms with van der Waals surface area (Å²) in [6.07, 6.45) is 62.9. The maximum Gasteiger partial charge on any atom is 0.472 e. The van der Waals surface area contributed by atoms with Crippen molar-refractivity contribution in [3.8, 4) is 0 Å². The molecule has 19 heteroatoms. The molecule has 0 fully saturated rings. The quantitative estimate of drug-likeness (QED) is 0.0222. The van der Waals surface area contributed by atoms with Crippen LogP contribution in [0.2, 0.25) is 0 Å². The van der Waals surface area contributed by atoms with Gasteiger partial charge in [0.25, 0.3) is 0 Å². The van der Waals surface area contributed by atoms with E-state index in [1.165, 1.54) is 238 Å². The zero-order chi connectivity index (χ0) is 71.9. The van der Waals surface area contributed by atoms with E-state index >= 15 is 0 Å². The molecule has 0 spiro atoms.